The van der Waals surface area contributed by atoms with Gasteiger partial charge in [-0.15, -0.1) is 0 Å². The second-order valence-electron chi connectivity index (χ2n) is 5.51. The third-order valence-electron chi connectivity index (χ3n) is 4.10. The van der Waals surface area contributed by atoms with E-state index in [1.807, 2.05) is 0 Å². The summed E-state index contributed by atoms with van der Waals surface area (Å²) in [5, 5.41) is 17.6. The van der Waals surface area contributed by atoms with Crippen molar-refractivity contribution in [3.05, 3.63) is 0 Å². The zero-order chi connectivity index (χ0) is 12.4. The number of aliphatic hydroxyl groups excluding tert-OH is 2. The van der Waals surface area contributed by atoms with Crippen LogP contribution in [-0.2, 0) is 0 Å². The van der Waals surface area contributed by atoms with Gasteiger partial charge in [0.25, 0.3) is 0 Å². The van der Waals surface area contributed by atoms with Crippen LogP contribution >= 0.6 is 0 Å². The van der Waals surface area contributed by atoms with Gasteiger partial charge in [0.15, 0.2) is 0 Å². The topological polar surface area (TPSA) is 40.5 Å². The number of likely N-dealkylation sites (tertiary alicyclic amines) is 1. The van der Waals surface area contributed by atoms with Gasteiger partial charge in [0.1, 0.15) is 0 Å². The van der Waals surface area contributed by atoms with Crippen molar-refractivity contribution in [1.29, 1.82) is 0 Å². The molecule has 1 aliphatic rings. The Balaban J connectivity index is 0.00000289. The summed E-state index contributed by atoms with van der Waals surface area (Å²) in [6.45, 7) is 6.02. The van der Waals surface area contributed by atoms with Gasteiger partial charge in [-0.05, 0) is 38.5 Å². The minimum absolute atomic E-state index is 0. The highest BCUT2D eigenvalue weighted by atomic mass is 79.9. The largest absolute Gasteiger partial charge is 1.00 e. The Hall–Kier alpha value is 0.360. The molecular formula is C14H30BrNO2. The minimum atomic E-state index is 0. The first-order valence-electron chi connectivity index (χ1n) is 7.40. The summed E-state index contributed by atoms with van der Waals surface area (Å²) in [5.41, 5.74) is 0. The van der Waals surface area contributed by atoms with Crippen molar-refractivity contribution in [2.75, 3.05) is 39.4 Å². The third kappa shape index (κ3) is 7.07. The Morgan fingerprint density at radius 2 is 1.11 bits per heavy atom. The lowest BCUT2D eigenvalue weighted by atomic mass is 10.2. The van der Waals surface area contributed by atoms with E-state index < -0.39 is 0 Å². The Kier molecular flexibility index (Phi) is 11.4. The summed E-state index contributed by atoms with van der Waals surface area (Å²) in [7, 11) is 0. The third-order valence-corrected chi connectivity index (χ3v) is 4.10. The van der Waals surface area contributed by atoms with E-state index in [0.29, 0.717) is 13.2 Å². The van der Waals surface area contributed by atoms with Gasteiger partial charge in [-0.2, -0.15) is 0 Å². The maximum Gasteiger partial charge on any atom is 0.0788 e. The van der Waals surface area contributed by atoms with Crippen LogP contribution in [0, 0.1) is 0 Å². The number of rotatable bonds is 10. The van der Waals surface area contributed by atoms with Crippen molar-refractivity contribution in [3.63, 3.8) is 0 Å². The van der Waals surface area contributed by atoms with Gasteiger partial charge in [-0.3, -0.25) is 0 Å². The Labute approximate surface area is 123 Å². The average molecular weight is 324 g/mol. The minimum Gasteiger partial charge on any atom is -1.00 e. The number of aliphatic hydroxyl groups is 2. The van der Waals surface area contributed by atoms with Gasteiger partial charge in [-0.1, -0.05) is 0 Å². The molecule has 1 fully saturated rings. The summed E-state index contributed by atoms with van der Waals surface area (Å²) < 4.78 is 1.32. The summed E-state index contributed by atoms with van der Waals surface area (Å²) in [6, 6.07) is 0. The van der Waals surface area contributed by atoms with Gasteiger partial charge in [0.05, 0.1) is 26.2 Å². The van der Waals surface area contributed by atoms with Crippen LogP contribution in [0.4, 0.5) is 0 Å². The molecule has 0 aromatic carbocycles. The number of unbranched alkanes of at least 4 members (excludes halogenated alkanes) is 4. The van der Waals surface area contributed by atoms with Crippen LogP contribution < -0.4 is 17.0 Å². The van der Waals surface area contributed by atoms with Crippen molar-refractivity contribution < 1.29 is 31.7 Å². The molecule has 18 heavy (non-hydrogen) atoms. The summed E-state index contributed by atoms with van der Waals surface area (Å²) in [5.74, 6) is 0. The standard InChI is InChI=1S/C14H30NO2.BrH/c16-13-7-1-3-9-15(11-5-6-12-15)10-4-2-8-14-17;/h16-17H,1-14H2;1H/q+1;/p-1. The molecule has 110 valence electrons. The Morgan fingerprint density at radius 1 is 0.667 bits per heavy atom. The van der Waals surface area contributed by atoms with Crippen LogP contribution in [0.2, 0.25) is 0 Å². The molecule has 0 aromatic rings. The number of halogens is 1. The molecule has 1 aliphatic heterocycles. The average Bonchev–Trinajstić information content (AvgIpc) is 2.80. The highest BCUT2D eigenvalue weighted by Crippen LogP contribution is 2.22. The molecule has 4 heteroatoms. The second kappa shape index (κ2) is 11.2. The van der Waals surface area contributed by atoms with Crippen LogP contribution in [-0.4, -0.2) is 54.1 Å². The first-order valence-corrected chi connectivity index (χ1v) is 7.40. The normalized spacial score (nSPS) is 17.7. The first kappa shape index (κ1) is 18.4. The van der Waals surface area contributed by atoms with E-state index in [1.54, 1.807) is 0 Å². The van der Waals surface area contributed by atoms with Crippen LogP contribution in [0.1, 0.15) is 51.4 Å². The molecule has 1 heterocycles. The number of nitrogens with zero attached hydrogens (tertiary/aromatic N) is 1. The fourth-order valence-corrected chi connectivity index (χ4v) is 3.04. The molecule has 1 saturated heterocycles. The van der Waals surface area contributed by atoms with E-state index >= 15 is 0 Å². The number of hydrogen-bond donors (Lipinski definition) is 2. The van der Waals surface area contributed by atoms with Gasteiger partial charge in [-0.25, -0.2) is 0 Å². The molecular weight excluding hydrogens is 294 g/mol. The SMILES string of the molecule is OCCCCC[N+]1(CCCCCO)CCCC1.[Br-]. The van der Waals surface area contributed by atoms with Crippen LogP contribution in [0.5, 0.6) is 0 Å². The predicted octanol–water partition coefficient (Wildman–Crippen LogP) is -1.07. The lowest BCUT2D eigenvalue weighted by Gasteiger charge is -2.34. The van der Waals surface area contributed by atoms with Gasteiger partial charge in [0.2, 0.25) is 0 Å². The first-order chi connectivity index (χ1) is 8.33. The van der Waals surface area contributed by atoms with Crippen molar-refractivity contribution in [2.24, 2.45) is 0 Å². The highest BCUT2D eigenvalue weighted by Gasteiger charge is 2.30. The van der Waals surface area contributed by atoms with Gasteiger partial charge >= 0.3 is 0 Å². The molecule has 0 amide bonds. The smallest absolute Gasteiger partial charge is 0.0788 e. The number of hydrogen-bond acceptors (Lipinski definition) is 2. The van der Waals surface area contributed by atoms with Crippen molar-refractivity contribution in [2.45, 2.75) is 51.4 Å². The van der Waals surface area contributed by atoms with Crippen molar-refractivity contribution >= 4 is 0 Å². The summed E-state index contributed by atoms with van der Waals surface area (Å²) in [4.78, 5) is 0. The fourth-order valence-electron chi connectivity index (χ4n) is 3.04. The van der Waals surface area contributed by atoms with E-state index in [0.717, 1.165) is 12.8 Å². The molecule has 0 radical (unpaired) electrons. The molecule has 0 saturated carbocycles. The Bertz CT molecular complexity index is 171. The van der Waals surface area contributed by atoms with E-state index in [9.17, 15) is 0 Å². The summed E-state index contributed by atoms with van der Waals surface area (Å²) >= 11 is 0. The molecule has 3 nitrogen and oxygen atoms in total. The predicted molar refractivity (Wildman–Crippen MR) is 70.8 cm³/mol. The molecule has 1 rings (SSSR count). The van der Waals surface area contributed by atoms with Crippen LogP contribution in [0.3, 0.4) is 0 Å². The quantitative estimate of drug-likeness (QED) is 0.397. The molecule has 0 aromatic heterocycles. The molecule has 0 aliphatic carbocycles. The maximum absolute atomic E-state index is 8.79. The van der Waals surface area contributed by atoms with Crippen LogP contribution in [0.15, 0.2) is 0 Å². The number of quaternary nitrogens is 1. The van der Waals surface area contributed by atoms with E-state index in [-0.39, 0.29) is 17.0 Å². The fraction of sp³-hybridized carbons (Fsp3) is 1.00. The van der Waals surface area contributed by atoms with Crippen molar-refractivity contribution in [1.82, 2.24) is 0 Å². The maximum atomic E-state index is 8.79. The Morgan fingerprint density at radius 3 is 1.50 bits per heavy atom. The van der Waals surface area contributed by atoms with Crippen molar-refractivity contribution in [3.8, 4) is 0 Å². The molecule has 2 N–H and O–H groups in total. The molecule has 0 atom stereocenters. The van der Waals surface area contributed by atoms with E-state index in [4.69, 9.17) is 10.2 Å². The van der Waals surface area contributed by atoms with E-state index in [2.05, 4.69) is 0 Å². The lowest BCUT2D eigenvalue weighted by molar-refractivity contribution is -0.917. The second-order valence-corrected chi connectivity index (χ2v) is 5.51. The van der Waals surface area contributed by atoms with Gasteiger partial charge < -0.3 is 31.7 Å². The monoisotopic (exact) mass is 323 g/mol. The zero-order valence-corrected chi connectivity index (χ0v) is 13.2. The highest BCUT2D eigenvalue weighted by molar-refractivity contribution is 4.56. The molecule has 0 bridgehead atoms. The van der Waals surface area contributed by atoms with Crippen LogP contribution in [0.25, 0.3) is 0 Å². The van der Waals surface area contributed by atoms with Gasteiger partial charge in [0, 0.05) is 26.1 Å². The van der Waals surface area contributed by atoms with E-state index in [1.165, 1.54) is 69.2 Å². The molecule has 0 spiro atoms. The molecule has 0 unspecified atom stereocenters. The summed E-state index contributed by atoms with van der Waals surface area (Å²) in [6.07, 6.45) is 9.58. The lowest BCUT2D eigenvalue weighted by Crippen LogP contribution is -3.00. The zero-order valence-electron chi connectivity index (χ0n) is 11.6.